The van der Waals surface area contributed by atoms with Crippen molar-refractivity contribution in [3.05, 3.63) is 0 Å². The summed E-state index contributed by atoms with van der Waals surface area (Å²) in [7, 11) is 0. The topological polar surface area (TPSA) is 62.1 Å². The maximum Gasteiger partial charge on any atom is 0.490 e. The number of alkyl halides is 3. The van der Waals surface area contributed by atoms with Crippen molar-refractivity contribution in [1.29, 1.82) is 5.26 Å². The van der Waals surface area contributed by atoms with E-state index in [1.54, 1.807) is 0 Å². The van der Waals surface area contributed by atoms with Crippen molar-refractivity contribution < 1.29 is 22.7 Å². The first-order valence-corrected chi connectivity index (χ1v) is 4.82. The van der Waals surface area contributed by atoms with Crippen LogP contribution in [-0.4, -0.2) is 23.9 Å². The molecule has 16 heavy (non-hydrogen) atoms. The second-order valence-electron chi connectivity index (χ2n) is 4.19. The highest BCUT2D eigenvalue weighted by atomic mass is 19.4. The zero-order chi connectivity index (χ0) is 12.0. The molecule has 1 N–H and O–H groups in total. The van der Waals surface area contributed by atoms with Crippen molar-refractivity contribution in [1.82, 2.24) is 5.32 Å². The molecule has 2 heterocycles. The van der Waals surface area contributed by atoms with Gasteiger partial charge in [0, 0.05) is 18.9 Å². The molecule has 0 radical (unpaired) electrons. The number of hydrogen-bond donors (Lipinski definition) is 1. The van der Waals surface area contributed by atoms with Gasteiger partial charge in [0.1, 0.15) is 0 Å². The van der Waals surface area contributed by atoms with Crippen LogP contribution in [0.1, 0.15) is 19.3 Å². The number of nitriles is 1. The van der Waals surface area contributed by atoms with E-state index in [0.717, 1.165) is 0 Å². The van der Waals surface area contributed by atoms with Crippen LogP contribution in [0, 0.1) is 17.2 Å². The second kappa shape index (κ2) is 3.35. The van der Waals surface area contributed by atoms with Crippen LogP contribution in [-0.2, 0) is 9.53 Å². The molecule has 3 aliphatic rings. The fraction of sp³-hybridized carbons (Fsp3) is 0.778. The lowest BCUT2D eigenvalue weighted by atomic mass is 9.73. The fourth-order valence-electron chi connectivity index (χ4n) is 2.30. The Balaban J connectivity index is 2.01. The van der Waals surface area contributed by atoms with E-state index in [1.165, 1.54) is 0 Å². The van der Waals surface area contributed by atoms with E-state index < -0.39 is 17.9 Å². The van der Waals surface area contributed by atoms with Crippen molar-refractivity contribution in [3.63, 3.8) is 0 Å². The molecule has 2 aliphatic heterocycles. The van der Waals surface area contributed by atoms with Gasteiger partial charge in [-0.05, 0) is 6.42 Å². The summed E-state index contributed by atoms with van der Waals surface area (Å²) in [6, 6.07) is 1.97. The number of esters is 1. The van der Waals surface area contributed by atoms with E-state index in [-0.39, 0.29) is 18.4 Å². The summed E-state index contributed by atoms with van der Waals surface area (Å²) in [6.07, 6.45) is -3.91. The molecule has 0 aromatic heterocycles. The van der Waals surface area contributed by atoms with Crippen LogP contribution in [0.3, 0.4) is 0 Å². The highest BCUT2D eigenvalue weighted by molar-refractivity contribution is 5.76. The third-order valence-electron chi connectivity index (χ3n) is 2.89. The number of fused-ring (bicyclic) bond motifs is 2. The first-order chi connectivity index (χ1) is 7.35. The number of rotatable bonds is 1. The number of piperidine rings is 1. The summed E-state index contributed by atoms with van der Waals surface area (Å²) in [4.78, 5) is 10.7. The van der Waals surface area contributed by atoms with Gasteiger partial charge in [0.15, 0.2) is 5.72 Å². The Kier molecular flexibility index (Phi) is 2.35. The molecule has 0 amide bonds. The molecule has 3 unspecified atom stereocenters. The van der Waals surface area contributed by atoms with Gasteiger partial charge in [-0.15, -0.1) is 0 Å². The molecule has 2 bridgehead atoms. The minimum Gasteiger partial charge on any atom is -0.437 e. The Labute approximate surface area is 89.4 Å². The Hall–Kier alpha value is -1.29. The quantitative estimate of drug-likeness (QED) is 0.690. The number of nitrogens with one attached hydrogen (secondary N) is 1. The molecule has 0 spiro atoms. The van der Waals surface area contributed by atoms with Crippen LogP contribution >= 0.6 is 0 Å². The highest BCUT2D eigenvalue weighted by Gasteiger charge is 2.56. The molecule has 1 aliphatic carbocycles. The van der Waals surface area contributed by atoms with Crippen LogP contribution in [0.15, 0.2) is 0 Å². The van der Waals surface area contributed by atoms with E-state index in [1.807, 2.05) is 6.07 Å². The van der Waals surface area contributed by atoms with Crippen molar-refractivity contribution in [2.75, 3.05) is 0 Å². The summed E-state index contributed by atoms with van der Waals surface area (Å²) in [5.41, 5.74) is -1.27. The summed E-state index contributed by atoms with van der Waals surface area (Å²) in [5, 5.41) is 11.5. The molecule has 3 fully saturated rings. The van der Waals surface area contributed by atoms with Crippen LogP contribution in [0.25, 0.3) is 0 Å². The molecular formula is C9H9F3N2O2. The van der Waals surface area contributed by atoms with Gasteiger partial charge in [-0.2, -0.15) is 18.4 Å². The maximum absolute atomic E-state index is 12.0. The van der Waals surface area contributed by atoms with Crippen molar-refractivity contribution in [2.45, 2.75) is 37.2 Å². The summed E-state index contributed by atoms with van der Waals surface area (Å²) in [5.74, 6) is -2.54. The molecule has 88 valence electrons. The molecule has 0 aromatic rings. The van der Waals surface area contributed by atoms with Crippen molar-refractivity contribution in [3.8, 4) is 6.07 Å². The molecule has 0 aromatic carbocycles. The Morgan fingerprint density at radius 2 is 2.12 bits per heavy atom. The zero-order valence-corrected chi connectivity index (χ0v) is 8.17. The highest BCUT2D eigenvalue weighted by Crippen LogP contribution is 2.42. The van der Waals surface area contributed by atoms with Gasteiger partial charge in [-0.1, -0.05) is 0 Å². The summed E-state index contributed by atoms with van der Waals surface area (Å²) in [6.45, 7) is 0. The van der Waals surface area contributed by atoms with Gasteiger partial charge in [0.05, 0.1) is 12.0 Å². The normalized spacial score (nSPS) is 37.1. The first kappa shape index (κ1) is 11.2. The number of halogens is 3. The molecule has 2 saturated heterocycles. The standard InChI is InChI=1S/C9H9F3N2O2/c10-9(11,12)7(15)16-8-2-5(4-13)1-6(3-8)14-8/h5-6,14H,1-3H2. The van der Waals surface area contributed by atoms with E-state index >= 15 is 0 Å². The van der Waals surface area contributed by atoms with Gasteiger partial charge in [0.2, 0.25) is 0 Å². The summed E-state index contributed by atoms with van der Waals surface area (Å²) >= 11 is 0. The lowest BCUT2D eigenvalue weighted by Crippen LogP contribution is -2.70. The second-order valence-corrected chi connectivity index (χ2v) is 4.19. The van der Waals surface area contributed by atoms with E-state index in [4.69, 9.17) is 5.26 Å². The van der Waals surface area contributed by atoms with Crippen molar-refractivity contribution in [2.24, 2.45) is 5.92 Å². The number of ether oxygens (including phenoxy) is 1. The van der Waals surface area contributed by atoms with E-state index in [0.29, 0.717) is 12.8 Å². The Morgan fingerprint density at radius 3 is 2.62 bits per heavy atom. The van der Waals surface area contributed by atoms with Gasteiger partial charge >= 0.3 is 12.1 Å². The first-order valence-electron chi connectivity index (χ1n) is 4.82. The van der Waals surface area contributed by atoms with Gasteiger partial charge < -0.3 is 4.74 Å². The fourth-order valence-corrected chi connectivity index (χ4v) is 2.30. The zero-order valence-electron chi connectivity index (χ0n) is 8.17. The van der Waals surface area contributed by atoms with Gasteiger partial charge in [-0.25, -0.2) is 4.79 Å². The molecular weight excluding hydrogens is 225 g/mol. The number of carbonyl (C=O) groups is 1. The molecule has 7 heteroatoms. The van der Waals surface area contributed by atoms with Crippen LogP contribution in [0.5, 0.6) is 0 Å². The Morgan fingerprint density at radius 1 is 1.50 bits per heavy atom. The predicted molar refractivity (Wildman–Crippen MR) is 44.8 cm³/mol. The minimum atomic E-state index is -4.99. The predicted octanol–water partition coefficient (Wildman–Crippen LogP) is 1.08. The van der Waals surface area contributed by atoms with E-state index in [2.05, 4.69) is 10.1 Å². The SMILES string of the molecule is N#CC1CC2CC(OC(=O)C(F)(F)F)(C1)N2. The smallest absolute Gasteiger partial charge is 0.437 e. The minimum absolute atomic E-state index is 0.0144. The van der Waals surface area contributed by atoms with Crippen molar-refractivity contribution >= 4 is 5.97 Å². The Bertz CT molecular complexity index is 355. The van der Waals surface area contributed by atoms with Gasteiger partial charge in [-0.3, -0.25) is 5.32 Å². The number of nitrogens with zero attached hydrogens (tertiary/aromatic N) is 1. The molecule has 3 atom stereocenters. The molecule has 1 saturated carbocycles. The summed E-state index contributed by atoms with van der Waals surface area (Å²) < 4.78 is 40.4. The third kappa shape index (κ3) is 1.85. The van der Waals surface area contributed by atoms with E-state index in [9.17, 15) is 18.0 Å². The van der Waals surface area contributed by atoms with Crippen LogP contribution in [0.2, 0.25) is 0 Å². The number of carbonyl (C=O) groups excluding carboxylic acids is 1. The maximum atomic E-state index is 12.0. The molecule has 3 rings (SSSR count). The van der Waals surface area contributed by atoms with Crippen LogP contribution in [0.4, 0.5) is 13.2 Å². The average molecular weight is 234 g/mol. The van der Waals surface area contributed by atoms with Crippen LogP contribution < -0.4 is 5.32 Å². The number of hydrogen-bond acceptors (Lipinski definition) is 4. The molecule has 4 nitrogen and oxygen atoms in total. The monoisotopic (exact) mass is 234 g/mol. The lowest BCUT2D eigenvalue weighted by Gasteiger charge is -2.53. The average Bonchev–Trinajstić information content (AvgIpc) is 2.14. The van der Waals surface area contributed by atoms with Gasteiger partial charge in [0.25, 0.3) is 0 Å². The third-order valence-corrected chi connectivity index (χ3v) is 2.89. The largest absolute Gasteiger partial charge is 0.490 e. The lowest BCUT2D eigenvalue weighted by molar-refractivity contribution is -0.236.